The molecule has 0 heterocycles. The third-order valence-electron chi connectivity index (χ3n) is 2.00. The Kier molecular flexibility index (Phi) is 3.95. The van der Waals surface area contributed by atoms with Crippen LogP contribution in [0.2, 0.25) is 0 Å². The van der Waals surface area contributed by atoms with E-state index in [9.17, 15) is 13.2 Å². The fourth-order valence-corrected chi connectivity index (χ4v) is 1.17. The Morgan fingerprint density at radius 1 is 1.13 bits per heavy atom. The molecular formula is C12H13F3. The summed E-state index contributed by atoms with van der Waals surface area (Å²) in [6.45, 7) is 2.05. The average Bonchev–Trinajstić information content (AvgIpc) is 2.18. The summed E-state index contributed by atoms with van der Waals surface area (Å²) in [6, 6.07) is 5.17. The van der Waals surface area contributed by atoms with Crippen molar-refractivity contribution in [2.45, 2.75) is 25.9 Å². The van der Waals surface area contributed by atoms with E-state index in [1.165, 1.54) is 12.1 Å². The van der Waals surface area contributed by atoms with Crippen molar-refractivity contribution in [2.24, 2.45) is 0 Å². The maximum absolute atomic E-state index is 12.2. The van der Waals surface area contributed by atoms with Gasteiger partial charge in [0.15, 0.2) is 0 Å². The zero-order valence-electron chi connectivity index (χ0n) is 8.51. The van der Waals surface area contributed by atoms with Crippen LogP contribution in [0.3, 0.4) is 0 Å². The van der Waals surface area contributed by atoms with Crippen molar-refractivity contribution in [1.29, 1.82) is 0 Å². The molecule has 0 bridgehead atoms. The first-order valence-electron chi connectivity index (χ1n) is 4.88. The number of allylic oxidation sites excluding steroid dienone is 1. The molecule has 82 valence electrons. The van der Waals surface area contributed by atoms with Crippen LogP contribution in [-0.2, 0) is 6.18 Å². The fourth-order valence-electron chi connectivity index (χ4n) is 1.17. The van der Waals surface area contributed by atoms with Gasteiger partial charge in [-0.25, -0.2) is 0 Å². The molecule has 0 spiro atoms. The molecular weight excluding hydrogens is 201 g/mol. The van der Waals surface area contributed by atoms with Gasteiger partial charge in [0.05, 0.1) is 5.56 Å². The number of hydrogen-bond donors (Lipinski definition) is 0. The van der Waals surface area contributed by atoms with Crippen LogP contribution in [0.1, 0.15) is 30.9 Å². The van der Waals surface area contributed by atoms with Gasteiger partial charge in [-0.2, -0.15) is 13.2 Å². The molecule has 1 aromatic rings. The zero-order valence-corrected chi connectivity index (χ0v) is 8.51. The van der Waals surface area contributed by atoms with Gasteiger partial charge in [0, 0.05) is 0 Å². The predicted molar refractivity (Wildman–Crippen MR) is 55.4 cm³/mol. The molecule has 0 saturated carbocycles. The summed E-state index contributed by atoms with van der Waals surface area (Å²) >= 11 is 0. The van der Waals surface area contributed by atoms with Crippen molar-refractivity contribution in [3.63, 3.8) is 0 Å². The van der Waals surface area contributed by atoms with Crippen LogP contribution >= 0.6 is 0 Å². The van der Waals surface area contributed by atoms with E-state index >= 15 is 0 Å². The summed E-state index contributed by atoms with van der Waals surface area (Å²) in [4.78, 5) is 0. The molecule has 0 aliphatic heterocycles. The van der Waals surface area contributed by atoms with Crippen LogP contribution in [0.4, 0.5) is 13.2 Å². The van der Waals surface area contributed by atoms with Gasteiger partial charge in [0.1, 0.15) is 0 Å². The second kappa shape index (κ2) is 5.01. The van der Waals surface area contributed by atoms with Crippen molar-refractivity contribution in [3.8, 4) is 0 Å². The largest absolute Gasteiger partial charge is 0.416 e. The molecule has 15 heavy (non-hydrogen) atoms. The highest BCUT2D eigenvalue weighted by Gasteiger charge is 2.29. The third-order valence-corrected chi connectivity index (χ3v) is 2.00. The lowest BCUT2D eigenvalue weighted by atomic mass is 10.1. The summed E-state index contributed by atoms with van der Waals surface area (Å²) in [5, 5.41) is 0. The van der Waals surface area contributed by atoms with Gasteiger partial charge < -0.3 is 0 Å². The fraction of sp³-hybridized carbons (Fsp3) is 0.333. The van der Waals surface area contributed by atoms with Crippen molar-refractivity contribution < 1.29 is 13.2 Å². The SMILES string of the molecule is CCC/C=C/c1ccc(C(F)(F)F)cc1. The summed E-state index contributed by atoms with van der Waals surface area (Å²) in [5.41, 5.74) is 0.201. The minimum Gasteiger partial charge on any atom is -0.166 e. The van der Waals surface area contributed by atoms with Gasteiger partial charge in [0.25, 0.3) is 0 Å². The highest BCUT2D eigenvalue weighted by atomic mass is 19.4. The molecule has 0 aliphatic rings. The standard InChI is InChI=1S/C12H13F3/c1-2-3-4-5-10-6-8-11(9-7-10)12(13,14)15/h4-9H,2-3H2,1H3/b5-4+. The summed E-state index contributed by atoms with van der Waals surface area (Å²) < 4.78 is 36.6. The van der Waals surface area contributed by atoms with Crippen molar-refractivity contribution in [1.82, 2.24) is 0 Å². The van der Waals surface area contributed by atoms with Crippen molar-refractivity contribution in [3.05, 3.63) is 41.5 Å². The normalized spacial score (nSPS) is 12.3. The third kappa shape index (κ3) is 3.78. The Labute approximate surface area is 87.4 Å². The molecule has 0 aromatic heterocycles. The molecule has 1 rings (SSSR count). The summed E-state index contributed by atoms with van der Waals surface area (Å²) in [5.74, 6) is 0. The molecule has 3 heteroatoms. The number of hydrogen-bond acceptors (Lipinski definition) is 0. The van der Waals surface area contributed by atoms with Crippen molar-refractivity contribution >= 4 is 6.08 Å². The first-order valence-corrected chi connectivity index (χ1v) is 4.88. The molecule has 1 aromatic carbocycles. The molecule has 0 saturated heterocycles. The minimum absolute atomic E-state index is 0.602. The van der Waals surface area contributed by atoms with E-state index in [0.717, 1.165) is 30.5 Å². The molecule has 0 amide bonds. The second-order valence-corrected chi connectivity index (χ2v) is 3.31. The molecule has 0 nitrogen and oxygen atoms in total. The van der Waals surface area contributed by atoms with E-state index < -0.39 is 11.7 Å². The van der Waals surface area contributed by atoms with Gasteiger partial charge in [-0.15, -0.1) is 0 Å². The zero-order chi connectivity index (χ0) is 11.3. The quantitative estimate of drug-likeness (QED) is 0.694. The van der Waals surface area contributed by atoms with E-state index in [1.54, 1.807) is 0 Å². The Morgan fingerprint density at radius 3 is 2.20 bits per heavy atom. The van der Waals surface area contributed by atoms with Crippen LogP contribution in [0, 0.1) is 0 Å². The monoisotopic (exact) mass is 214 g/mol. The lowest BCUT2D eigenvalue weighted by Gasteiger charge is -2.05. The first-order chi connectivity index (χ1) is 7.04. The van der Waals surface area contributed by atoms with E-state index in [2.05, 4.69) is 6.92 Å². The molecule has 0 aliphatic carbocycles. The van der Waals surface area contributed by atoms with Gasteiger partial charge in [0.2, 0.25) is 0 Å². The molecule has 0 N–H and O–H groups in total. The maximum atomic E-state index is 12.2. The van der Waals surface area contributed by atoms with Crippen LogP contribution in [0.15, 0.2) is 30.3 Å². The van der Waals surface area contributed by atoms with Crippen LogP contribution in [0.5, 0.6) is 0 Å². The van der Waals surface area contributed by atoms with Crippen LogP contribution in [0.25, 0.3) is 6.08 Å². The van der Waals surface area contributed by atoms with Gasteiger partial charge in [-0.05, 0) is 24.1 Å². The number of halogens is 3. The minimum atomic E-state index is -4.24. The van der Waals surface area contributed by atoms with Gasteiger partial charge >= 0.3 is 6.18 Å². The smallest absolute Gasteiger partial charge is 0.166 e. The molecule has 0 unspecified atom stereocenters. The van der Waals surface area contributed by atoms with E-state index in [1.807, 2.05) is 12.2 Å². The summed E-state index contributed by atoms with van der Waals surface area (Å²) in [7, 11) is 0. The maximum Gasteiger partial charge on any atom is 0.416 e. The molecule has 0 atom stereocenters. The Bertz CT molecular complexity index is 320. The second-order valence-electron chi connectivity index (χ2n) is 3.31. The highest BCUT2D eigenvalue weighted by Crippen LogP contribution is 2.29. The number of benzene rings is 1. The first kappa shape index (κ1) is 11.8. The van der Waals surface area contributed by atoms with E-state index in [4.69, 9.17) is 0 Å². The predicted octanol–water partition coefficient (Wildman–Crippen LogP) is 4.52. The van der Waals surface area contributed by atoms with E-state index in [0.29, 0.717) is 0 Å². The highest BCUT2D eigenvalue weighted by molar-refractivity contribution is 5.49. The summed E-state index contributed by atoms with van der Waals surface area (Å²) in [6.07, 6.45) is 1.54. The number of rotatable bonds is 3. The van der Waals surface area contributed by atoms with E-state index in [-0.39, 0.29) is 0 Å². The Balaban J connectivity index is 2.73. The molecule has 0 fully saturated rings. The lowest BCUT2D eigenvalue weighted by molar-refractivity contribution is -0.137. The molecule has 0 radical (unpaired) electrons. The average molecular weight is 214 g/mol. The van der Waals surface area contributed by atoms with Crippen LogP contribution < -0.4 is 0 Å². The van der Waals surface area contributed by atoms with Gasteiger partial charge in [-0.3, -0.25) is 0 Å². The topological polar surface area (TPSA) is 0 Å². The number of alkyl halides is 3. The van der Waals surface area contributed by atoms with Crippen molar-refractivity contribution in [2.75, 3.05) is 0 Å². The van der Waals surface area contributed by atoms with Crippen LogP contribution in [-0.4, -0.2) is 0 Å². The lowest BCUT2D eigenvalue weighted by Crippen LogP contribution is -2.03. The Hall–Kier alpha value is -1.25. The van der Waals surface area contributed by atoms with Gasteiger partial charge in [-0.1, -0.05) is 37.6 Å². The number of unbranched alkanes of at least 4 members (excludes halogenated alkanes) is 1. The Morgan fingerprint density at radius 2 is 1.73 bits per heavy atom.